The maximum atomic E-state index is 12.0. The van der Waals surface area contributed by atoms with Crippen LogP contribution in [0.4, 0.5) is 30.7 Å². The minimum Gasteiger partial charge on any atom is -0.241 e. The summed E-state index contributed by atoms with van der Waals surface area (Å²) in [5, 5.41) is 0. The second-order valence-corrected chi connectivity index (χ2v) is 2.16. The Morgan fingerprint density at radius 2 is 1.17 bits per heavy atom. The number of rotatable bonds is 3. The molecule has 74 valence electrons. The summed E-state index contributed by atoms with van der Waals surface area (Å²) in [6, 6.07) is 0. The molecule has 0 fully saturated rings. The van der Waals surface area contributed by atoms with Crippen molar-refractivity contribution >= 4 is 0 Å². The maximum absolute atomic E-state index is 12.0. The van der Waals surface area contributed by atoms with Gasteiger partial charge < -0.3 is 0 Å². The van der Waals surface area contributed by atoms with Crippen molar-refractivity contribution in [1.82, 2.24) is 0 Å². The molecule has 0 spiro atoms. The summed E-state index contributed by atoms with van der Waals surface area (Å²) in [5.41, 5.74) is 0. The molecule has 0 aliphatic carbocycles. The molecule has 0 amide bonds. The van der Waals surface area contributed by atoms with Gasteiger partial charge >= 0.3 is 18.3 Å². The van der Waals surface area contributed by atoms with Crippen LogP contribution in [0.25, 0.3) is 0 Å². The predicted molar refractivity (Wildman–Crippen MR) is 26.5 cm³/mol. The standard InChI is InChI=1S/C5H5F7/c1-2(6)4(9,10)5(11,12)3(7)8/h2-3H,1H3. The van der Waals surface area contributed by atoms with E-state index in [1.54, 1.807) is 0 Å². The third-order valence-electron chi connectivity index (χ3n) is 1.22. The van der Waals surface area contributed by atoms with Crippen molar-refractivity contribution in [3.63, 3.8) is 0 Å². The summed E-state index contributed by atoms with van der Waals surface area (Å²) in [4.78, 5) is 0. The second-order valence-electron chi connectivity index (χ2n) is 2.16. The lowest BCUT2D eigenvalue weighted by Crippen LogP contribution is -2.51. The molecule has 0 aromatic carbocycles. The van der Waals surface area contributed by atoms with E-state index in [1.807, 2.05) is 0 Å². The van der Waals surface area contributed by atoms with Gasteiger partial charge in [0.15, 0.2) is 6.17 Å². The van der Waals surface area contributed by atoms with Crippen LogP contribution in [0.3, 0.4) is 0 Å². The van der Waals surface area contributed by atoms with E-state index in [0.29, 0.717) is 0 Å². The molecule has 0 N–H and O–H groups in total. The molecular formula is C5H5F7. The molecule has 0 aromatic heterocycles. The molecule has 1 unspecified atom stereocenters. The van der Waals surface area contributed by atoms with Gasteiger partial charge in [0, 0.05) is 0 Å². The fourth-order valence-corrected chi connectivity index (χ4v) is 0.411. The molecule has 12 heavy (non-hydrogen) atoms. The van der Waals surface area contributed by atoms with Crippen LogP contribution in [-0.4, -0.2) is 24.4 Å². The molecule has 0 saturated carbocycles. The van der Waals surface area contributed by atoms with Crippen LogP contribution in [0.1, 0.15) is 6.92 Å². The van der Waals surface area contributed by atoms with Gasteiger partial charge in [0.25, 0.3) is 0 Å². The summed E-state index contributed by atoms with van der Waals surface area (Å²) in [7, 11) is 0. The van der Waals surface area contributed by atoms with Crippen molar-refractivity contribution in [3.8, 4) is 0 Å². The highest BCUT2D eigenvalue weighted by molar-refractivity contribution is 4.90. The van der Waals surface area contributed by atoms with Crippen LogP contribution in [-0.2, 0) is 0 Å². The van der Waals surface area contributed by atoms with Gasteiger partial charge in [-0.05, 0) is 6.92 Å². The van der Waals surface area contributed by atoms with E-state index in [4.69, 9.17) is 0 Å². The van der Waals surface area contributed by atoms with Crippen molar-refractivity contribution in [2.45, 2.75) is 31.4 Å². The van der Waals surface area contributed by atoms with Gasteiger partial charge in [0.05, 0.1) is 0 Å². The first kappa shape index (κ1) is 11.5. The van der Waals surface area contributed by atoms with Crippen molar-refractivity contribution in [2.24, 2.45) is 0 Å². The van der Waals surface area contributed by atoms with Crippen molar-refractivity contribution in [2.75, 3.05) is 0 Å². The fraction of sp³-hybridized carbons (Fsp3) is 1.00. The van der Waals surface area contributed by atoms with E-state index < -0.39 is 24.4 Å². The molecule has 0 bridgehead atoms. The monoisotopic (exact) mass is 198 g/mol. The largest absolute Gasteiger partial charge is 0.372 e. The molecule has 1 atom stereocenters. The lowest BCUT2D eigenvalue weighted by molar-refractivity contribution is -0.282. The van der Waals surface area contributed by atoms with Crippen LogP contribution in [0, 0.1) is 0 Å². The Morgan fingerprint density at radius 3 is 1.25 bits per heavy atom. The van der Waals surface area contributed by atoms with Gasteiger partial charge in [-0.2, -0.15) is 17.6 Å². The average Bonchev–Trinajstić information content (AvgIpc) is 1.86. The third-order valence-corrected chi connectivity index (χ3v) is 1.22. The normalized spacial score (nSPS) is 16.8. The molecule has 7 heteroatoms. The molecule has 0 saturated heterocycles. The molecule has 0 rings (SSSR count). The molecule has 0 radical (unpaired) electrons. The van der Waals surface area contributed by atoms with Crippen LogP contribution >= 0.6 is 0 Å². The smallest absolute Gasteiger partial charge is 0.241 e. The van der Waals surface area contributed by atoms with Gasteiger partial charge in [-0.25, -0.2) is 13.2 Å². The first-order valence-electron chi connectivity index (χ1n) is 2.82. The van der Waals surface area contributed by atoms with E-state index in [0.717, 1.165) is 0 Å². The zero-order valence-electron chi connectivity index (χ0n) is 5.80. The highest BCUT2D eigenvalue weighted by Crippen LogP contribution is 2.42. The van der Waals surface area contributed by atoms with Gasteiger partial charge in [-0.15, -0.1) is 0 Å². The fourth-order valence-electron chi connectivity index (χ4n) is 0.411. The second kappa shape index (κ2) is 3.10. The molecule has 0 aliphatic heterocycles. The molecule has 0 nitrogen and oxygen atoms in total. The third kappa shape index (κ3) is 1.64. The molecule has 0 aromatic rings. The summed E-state index contributed by atoms with van der Waals surface area (Å²) < 4.78 is 81.9. The Balaban J connectivity index is 4.75. The summed E-state index contributed by atoms with van der Waals surface area (Å²) >= 11 is 0. The van der Waals surface area contributed by atoms with Crippen molar-refractivity contribution in [3.05, 3.63) is 0 Å². The van der Waals surface area contributed by atoms with Crippen molar-refractivity contribution < 1.29 is 30.7 Å². The lowest BCUT2D eigenvalue weighted by Gasteiger charge is -2.26. The molecule has 0 heterocycles. The van der Waals surface area contributed by atoms with Crippen LogP contribution in [0.2, 0.25) is 0 Å². The van der Waals surface area contributed by atoms with Crippen LogP contribution < -0.4 is 0 Å². The van der Waals surface area contributed by atoms with E-state index in [2.05, 4.69) is 0 Å². The van der Waals surface area contributed by atoms with Gasteiger partial charge in [-0.1, -0.05) is 0 Å². The predicted octanol–water partition coefficient (Wildman–Crippen LogP) is 2.88. The highest BCUT2D eigenvalue weighted by atomic mass is 19.3. The maximum Gasteiger partial charge on any atom is 0.372 e. The summed E-state index contributed by atoms with van der Waals surface area (Å²) in [5.74, 6) is -11.0. The average molecular weight is 198 g/mol. The number of halogens is 7. The topological polar surface area (TPSA) is 0 Å². The van der Waals surface area contributed by atoms with E-state index in [-0.39, 0.29) is 6.92 Å². The molecule has 0 aliphatic rings. The number of alkyl halides is 7. The first-order chi connectivity index (χ1) is 5.14. The number of hydrogen-bond acceptors (Lipinski definition) is 0. The summed E-state index contributed by atoms with van der Waals surface area (Å²) in [6.07, 6.45) is -7.90. The minimum atomic E-state index is -5.62. The number of hydrogen-bond donors (Lipinski definition) is 0. The highest BCUT2D eigenvalue weighted by Gasteiger charge is 2.66. The Hall–Kier alpha value is -0.490. The van der Waals surface area contributed by atoms with Gasteiger partial charge in [0.2, 0.25) is 0 Å². The molecular weight excluding hydrogens is 193 g/mol. The minimum absolute atomic E-state index is 0.0935. The Morgan fingerprint density at radius 1 is 0.833 bits per heavy atom. The lowest BCUT2D eigenvalue weighted by atomic mass is 10.1. The SMILES string of the molecule is CC(F)C(F)(F)C(F)(F)C(F)F. The van der Waals surface area contributed by atoms with E-state index in [9.17, 15) is 30.7 Å². The Bertz CT molecular complexity index is 132. The first-order valence-corrected chi connectivity index (χ1v) is 2.82. The quantitative estimate of drug-likeness (QED) is 0.611. The van der Waals surface area contributed by atoms with Gasteiger partial charge in [0.1, 0.15) is 0 Å². The Kier molecular flexibility index (Phi) is 2.97. The van der Waals surface area contributed by atoms with E-state index >= 15 is 0 Å². The van der Waals surface area contributed by atoms with Crippen molar-refractivity contribution in [1.29, 1.82) is 0 Å². The van der Waals surface area contributed by atoms with Gasteiger partial charge in [-0.3, -0.25) is 0 Å². The Labute approximate surface area is 63.4 Å². The van der Waals surface area contributed by atoms with Crippen LogP contribution in [0.5, 0.6) is 0 Å². The van der Waals surface area contributed by atoms with Crippen LogP contribution in [0.15, 0.2) is 0 Å². The van der Waals surface area contributed by atoms with E-state index in [1.165, 1.54) is 0 Å². The zero-order chi connectivity index (χ0) is 10.2. The zero-order valence-corrected chi connectivity index (χ0v) is 5.80. The summed E-state index contributed by atoms with van der Waals surface area (Å²) in [6.45, 7) is 0.0935.